The summed E-state index contributed by atoms with van der Waals surface area (Å²) in [6.45, 7) is 0. The van der Waals surface area contributed by atoms with Crippen molar-refractivity contribution in [2.45, 2.75) is 10.8 Å². The molecule has 2 spiro atoms. The Balaban J connectivity index is 0.919. The number of benzene rings is 11. The van der Waals surface area contributed by atoms with Gasteiger partial charge in [0.15, 0.2) is 0 Å². The summed E-state index contributed by atoms with van der Waals surface area (Å²) in [6, 6.07) is 97.4. The minimum absolute atomic E-state index is 0.453. The van der Waals surface area contributed by atoms with E-state index in [2.05, 4.69) is 266 Å². The van der Waals surface area contributed by atoms with Crippen molar-refractivity contribution in [3.63, 3.8) is 0 Å². The minimum Gasteiger partial charge on any atom is -0.310 e. The van der Waals surface area contributed by atoms with E-state index < -0.39 is 10.8 Å². The van der Waals surface area contributed by atoms with E-state index in [1.807, 2.05) is 0 Å². The average Bonchev–Trinajstić information content (AvgIpc) is 3.86. The van der Waals surface area contributed by atoms with Crippen molar-refractivity contribution < 1.29 is 0 Å². The van der Waals surface area contributed by atoms with Gasteiger partial charge >= 0.3 is 0 Å². The van der Waals surface area contributed by atoms with Gasteiger partial charge in [0.25, 0.3) is 0 Å². The van der Waals surface area contributed by atoms with Gasteiger partial charge in [0.05, 0.1) is 10.8 Å². The number of hydrogen-bond donors (Lipinski definition) is 0. The number of rotatable bonds is 5. The van der Waals surface area contributed by atoms with Crippen LogP contribution in [0.25, 0.3) is 55.3 Å². The van der Waals surface area contributed by atoms with E-state index in [0.29, 0.717) is 0 Å². The zero-order valence-corrected chi connectivity index (χ0v) is 36.8. The van der Waals surface area contributed by atoms with Crippen molar-refractivity contribution in [2.75, 3.05) is 4.90 Å². The van der Waals surface area contributed by atoms with Crippen molar-refractivity contribution in [1.29, 1.82) is 0 Å². The molecule has 0 unspecified atom stereocenters. The summed E-state index contributed by atoms with van der Waals surface area (Å²) in [7, 11) is 0. The fraction of sp³-hybridized carbons (Fsp3) is 0.0303. The lowest BCUT2D eigenvalue weighted by Crippen LogP contribution is -2.43. The van der Waals surface area contributed by atoms with Gasteiger partial charge in [-0.3, -0.25) is 0 Å². The van der Waals surface area contributed by atoms with E-state index in [4.69, 9.17) is 0 Å². The first-order valence-corrected chi connectivity index (χ1v) is 23.4. The highest BCUT2D eigenvalue weighted by atomic mass is 15.1. The zero-order valence-electron chi connectivity index (χ0n) is 36.8. The third kappa shape index (κ3) is 5.26. The summed E-state index contributed by atoms with van der Waals surface area (Å²) >= 11 is 0. The summed E-state index contributed by atoms with van der Waals surface area (Å²) in [4.78, 5) is 2.37. The largest absolute Gasteiger partial charge is 0.310 e. The standard InChI is InChI=1S/C66H43N/c1-2-20-50(21-3-1)67(51-38-35-45(36-39-51)48-34-33-44-17-4-5-18-46(44)41-48)52-22-16-19-47(42-52)49-37-40-60-56(43-49)55-25-8-11-28-59(55)66(60)63-31-14-12-29-61(63)65(62-30-13-15-32-64(62)66)57-26-9-6-23-53(57)54-24-7-10-27-58(54)65/h1-43H. The first kappa shape index (κ1) is 37.8. The van der Waals surface area contributed by atoms with Crippen LogP contribution in [0.5, 0.6) is 0 Å². The second-order valence-corrected chi connectivity index (χ2v) is 18.3. The lowest BCUT2D eigenvalue weighted by Gasteiger charge is -2.48. The molecule has 3 aliphatic rings. The Bertz CT molecular complexity index is 3670. The fourth-order valence-electron chi connectivity index (χ4n) is 12.4. The predicted molar refractivity (Wildman–Crippen MR) is 278 cm³/mol. The normalized spacial score (nSPS) is 13.9. The molecule has 0 atom stereocenters. The van der Waals surface area contributed by atoms with Gasteiger partial charge in [-0.2, -0.15) is 0 Å². The van der Waals surface area contributed by atoms with Gasteiger partial charge in [0, 0.05) is 17.1 Å². The molecule has 14 rings (SSSR count). The number of nitrogens with zero attached hydrogens (tertiary/aromatic N) is 1. The molecule has 0 bridgehead atoms. The van der Waals surface area contributed by atoms with Crippen LogP contribution in [-0.2, 0) is 10.8 Å². The summed E-state index contributed by atoms with van der Waals surface area (Å²) in [5, 5.41) is 2.50. The molecule has 0 amide bonds. The Hall–Kier alpha value is -8.52. The highest BCUT2D eigenvalue weighted by molar-refractivity contribution is 5.95. The highest BCUT2D eigenvalue weighted by Gasteiger charge is 2.58. The van der Waals surface area contributed by atoms with Crippen LogP contribution in [-0.4, -0.2) is 0 Å². The Morgan fingerprint density at radius 1 is 0.209 bits per heavy atom. The molecule has 0 N–H and O–H groups in total. The molecule has 1 heteroatoms. The van der Waals surface area contributed by atoms with Gasteiger partial charge in [0.1, 0.15) is 0 Å². The molecular formula is C66H43N. The van der Waals surface area contributed by atoms with Crippen LogP contribution in [0.3, 0.4) is 0 Å². The van der Waals surface area contributed by atoms with Gasteiger partial charge < -0.3 is 4.90 Å². The molecule has 3 aliphatic carbocycles. The molecule has 0 fully saturated rings. The molecule has 11 aromatic carbocycles. The van der Waals surface area contributed by atoms with E-state index in [0.717, 1.165) is 17.1 Å². The molecule has 0 aromatic heterocycles. The first-order valence-electron chi connectivity index (χ1n) is 23.4. The molecule has 0 radical (unpaired) electrons. The maximum absolute atomic E-state index is 2.46. The summed E-state index contributed by atoms with van der Waals surface area (Å²) < 4.78 is 0. The molecule has 0 aliphatic heterocycles. The van der Waals surface area contributed by atoms with Crippen molar-refractivity contribution in [3.8, 4) is 44.5 Å². The lowest BCUT2D eigenvalue weighted by atomic mass is 9.52. The van der Waals surface area contributed by atoms with Crippen molar-refractivity contribution in [2.24, 2.45) is 0 Å². The maximum Gasteiger partial charge on any atom is 0.0720 e. The fourth-order valence-corrected chi connectivity index (χ4v) is 12.4. The van der Waals surface area contributed by atoms with Gasteiger partial charge in [-0.15, -0.1) is 0 Å². The number of anilines is 3. The highest BCUT2D eigenvalue weighted by Crippen LogP contribution is 2.67. The summed E-state index contributed by atoms with van der Waals surface area (Å²) in [5.74, 6) is 0. The number of fused-ring (bicyclic) bond motifs is 17. The Morgan fingerprint density at radius 3 is 1.21 bits per heavy atom. The monoisotopic (exact) mass is 849 g/mol. The van der Waals surface area contributed by atoms with E-state index >= 15 is 0 Å². The van der Waals surface area contributed by atoms with Gasteiger partial charge in [-0.25, -0.2) is 0 Å². The molecule has 0 saturated heterocycles. The minimum atomic E-state index is -0.514. The molecule has 11 aromatic rings. The van der Waals surface area contributed by atoms with Gasteiger partial charge in [-0.05, 0) is 148 Å². The summed E-state index contributed by atoms with van der Waals surface area (Å²) in [5.41, 5.74) is 23.2. The van der Waals surface area contributed by atoms with E-state index in [1.54, 1.807) is 0 Å². The smallest absolute Gasteiger partial charge is 0.0720 e. The first-order chi connectivity index (χ1) is 33.2. The third-order valence-corrected chi connectivity index (χ3v) is 15.1. The Labute approximate surface area is 391 Å². The molecule has 67 heavy (non-hydrogen) atoms. The van der Waals surface area contributed by atoms with E-state index in [-0.39, 0.29) is 0 Å². The lowest BCUT2D eigenvalue weighted by molar-refractivity contribution is 0.633. The quantitative estimate of drug-likeness (QED) is 0.167. The number of para-hydroxylation sites is 1. The molecule has 0 heterocycles. The predicted octanol–water partition coefficient (Wildman–Crippen LogP) is 16.7. The van der Waals surface area contributed by atoms with Crippen molar-refractivity contribution in [3.05, 3.63) is 305 Å². The third-order valence-electron chi connectivity index (χ3n) is 15.1. The topological polar surface area (TPSA) is 3.24 Å². The summed E-state index contributed by atoms with van der Waals surface area (Å²) in [6.07, 6.45) is 0. The molecule has 312 valence electrons. The van der Waals surface area contributed by atoms with Crippen molar-refractivity contribution in [1.82, 2.24) is 0 Å². The van der Waals surface area contributed by atoms with Crippen LogP contribution >= 0.6 is 0 Å². The Morgan fingerprint density at radius 2 is 0.612 bits per heavy atom. The van der Waals surface area contributed by atoms with Crippen LogP contribution in [0.4, 0.5) is 17.1 Å². The second-order valence-electron chi connectivity index (χ2n) is 18.3. The number of hydrogen-bond acceptors (Lipinski definition) is 1. The average molecular weight is 850 g/mol. The van der Waals surface area contributed by atoms with E-state index in [9.17, 15) is 0 Å². The molecule has 0 saturated carbocycles. The van der Waals surface area contributed by atoms with Gasteiger partial charge in [-0.1, -0.05) is 212 Å². The van der Waals surface area contributed by atoms with Crippen LogP contribution in [0.1, 0.15) is 44.5 Å². The van der Waals surface area contributed by atoms with Crippen LogP contribution in [0.2, 0.25) is 0 Å². The van der Waals surface area contributed by atoms with Crippen LogP contribution < -0.4 is 4.90 Å². The second kappa shape index (κ2) is 14.5. The van der Waals surface area contributed by atoms with E-state index in [1.165, 1.54) is 99.8 Å². The van der Waals surface area contributed by atoms with Gasteiger partial charge in [0.2, 0.25) is 0 Å². The van der Waals surface area contributed by atoms with Crippen LogP contribution in [0, 0.1) is 0 Å². The SMILES string of the molecule is c1ccc(N(c2ccc(-c3ccc4ccccc4c3)cc2)c2cccc(-c3ccc4c(c3)-c3ccccc3C43c4ccccc4C4(c5ccccc5-c5ccccc54)c4ccccc43)c2)cc1. The van der Waals surface area contributed by atoms with Crippen LogP contribution in [0.15, 0.2) is 261 Å². The Kier molecular flexibility index (Phi) is 8.18. The van der Waals surface area contributed by atoms with Crippen molar-refractivity contribution >= 4 is 27.8 Å². The molecular weight excluding hydrogens is 807 g/mol. The molecule has 1 nitrogen and oxygen atoms in total. The zero-order chi connectivity index (χ0) is 44.1. The maximum atomic E-state index is 2.46.